The molecule has 1 aromatic rings. The fourth-order valence-corrected chi connectivity index (χ4v) is 1.71. The van der Waals surface area contributed by atoms with Gasteiger partial charge < -0.3 is 5.73 Å². The van der Waals surface area contributed by atoms with E-state index in [-0.39, 0.29) is 17.8 Å². The number of rotatable bonds is 1. The quantitative estimate of drug-likeness (QED) is 0.787. The number of hydrogen-bond donors (Lipinski definition) is 1. The second kappa shape index (κ2) is 2.82. The van der Waals surface area contributed by atoms with E-state index < -0.39 is 0 Å². The topological polar surface area (TPSA) is 26.0 Å². The van der Waals surface area contributed by atoms with Crippen LogP contribution >= 0.6 is 15.9 Å². The van der Waals surface area contributed by atoms with Gasteiger partial charge >= 0.3 is 0 Å². The third kappa shape index (κ3) is 1.39. The molecule has 0 aliphatic heterocycles. The summed E-state index contributed by atoms with van der Waals surface area (Å²) in [4.78, 5) is 0. The van der Waals surface area contributed by atoms with E-state index in [1.807, 2.05) is 6.07 Å². The Morgan fingerprint density at radius 2 is 2.17 bits per heavy atom. The maximum atomic E-state index is 13.2. The number of halogens is 2. The molecule has 1 aliphatic carbocycles. The predicted molar refractivity (Wildman–Crippen MR) is 49.4 cm³/mol. The predicted octanol–water partition coefficient (Wildman–Crippen LogP) is 2.40. The molecule has 2 rings (SSSR count). The lowest BCUT2D eigenvalue weighted by Gasteiger charge is -2.00. The standard InChI is InChI=1S/C9H9BrFN/c10-5-1-2-6(8(11)3-5)7-4-9(7)12/h1-3,7,9H,4,12H2/t7-,9+/m1/s1. The lowest BCUT2D eigenvalue weighted by molar-refractivity contribution is 0.608. The molecule has 1 aliphatic rings. The van der Waals surface area contributed by atoms with Gasteiger partial charge in [-0.25, -0.2) is 4.39 Å². The molecular weight excluding hydrogens is 221 g/mol. The molecule has 12 heavy (non-hydrogen) atoms. The SMILES string of the molecule is N[C@H]1C[C@@H]1c1ccc(Br)cc1F. The average Bonchev–Trinajstić information content (AvgIpc) is 2.66. The molecule has 0 spiro atoms. The Labute approximate surface area is 78.9 Å². The van der Waals surface area contributed by atoms with Crippen molar-refractivity contribution >= 4 is 15.9 Å². The minimum absolute atomic E-state index is 0.151. The molecule has 0 aromatic heterocycles. The van der Waals surface area contributed by atoms with Gasteiger partial charge in [-0.2, -0.15) is 0 Å². The van der Waals surface area contributed by atoms with Crippen LogP contribution in [0.5, 0.6) is 0 Å². The molecule has 3 heteroatoms. The number of hydrogen-bond acceptors (Lipinski definition) is 1. The molecule has 0 radical (unpaired) electrons. The first kappa shape index (κ1) is 8.20. The van der Waals surface area contributed by atoms with Crippen LogP contribution in [0, 0.1) is 5.82 Å². The van der Waals surface area contributed by atoms with Crippen molar-refractivity contribution in [1.82, 2.24) is 0 Å². The summed E-state index contributed by atoms with van der Waals surface area (Å²) in [6.45, 7) is 0. The number of nitrogens with two attached hydrogens (primary N) is 1. The molecule has 2 N–H and O–H groups in total. The van der Waals surface area contributed by atoms with E-state index in [9.17, 15) is 4.39 Å². The van der Waals surface area contributed by atoms with E-state index >= 15 is 0 Å². The van der Waals surface area contributed by atoms with Crippen molar-refractivity contribution in [2.45, 2.75) is 18.4 Å². The molecule has 1 fully saturated rings. The van der Waals surface area contributed by atoms with E-state index in [2.05, 4.69) is 15.9 Å². The minimum Gasteiger partial charge on any atom is -0.327 e. The minimum atomic E-state index is -0.151. The first-order valence-electron chi connectivity index (χ1n) is 3.89. The van der Waals surface area contributed by atoms with E-state index in [1.165, 1.54) is 6.07 Å². The molecule has 0 amide bonds. The van der Waals surface area contributed by atoms with Crippen LogP contribution in [0.1, 0.15) is 17.9 Å². The van der Waals surface area contributed by atoms with Crippen molar-refractivity contribution in [3.63, 3.8) is 0 Å². The van der Waals surface area contributed by atoms with Crippen LogP contribution in [0.3, 0.4) is 0 Å². The summed E-state index contributed by atoms with van der Waals surface area (Å²) in [5.74, 6) is 0.0976. The molecule has 1 nitrogen and oxygen atoms in total. The molecule has 1 saturated carbocycles. The lowest BCUT2D eigenvalue weighted by atomic mass is 10.1. The molecule has 1 aromatic carbocycles. The summed E-state index contributed by atoms with van der Waals surface area (Å²) in [5.41, 5.74) is 6.38. The van der Waals surface area contributed by atoms with E-state index in [1.54, 1.807) is 6.07 Å². The zero-order valence-electron chi connectivity index (χ0n) is 6.43. The number of benzene rings is 1. The smallest absolute Gasteiger partial charge is 0.127 e. The summed E-state index contributed by atoms with van der Waals surface area (Å²) in [7, 11) is 0. The maximum Gasteiger partial charge on any atom is 0.127 e. The normalized spacial score (nSPS) is 27.2. The van der Waals surface area contributed by atoms with E-state index in [0.29, 0.717) is 0 Å². The molecular formula is C9H9BrFN. The van der Waals surface area contributed by atoms with Gasteiger partial charge in [0.15, 0.2) is 0 Å². The van der Waals surface area contributed by atoms with Gasteiger partial charge in [-0.3, -0.25) is 0 Å². The first-order valence-corrected chi connectivity index (χ1v) is 4.68. The van der Waals surface area contributed by atoms with Gasteiger partial charge in [0.25, 0.3) is 0 Å². The van der Waals surface area contributed by atoms with Crippen LogP contribution in [0.4, 0.5) is 4.39 Å². The zero-order valence-corrected chi connectivity index (χ0v) is 8.01. The highest BCUT2D eigenvalue weighted by atomic mass is 79.9. The van der Waals surface area contributed by atoms with Gasteiger partial charge in [0.1, 0.15) is 5.82 Å². The second-order valence-electron chi connectivity index (χ2n) is 3.17. The molecule has 0 heterocycles. The summed E-state index contributed by atoms with van der Waals surface area (Å²) in [6.07, 6.45) is 0.915. The highest BCUT2D eigenvalue weighted by Crippen LogP contribution is 2.40. The van der Waals surface area contributed by atoms with E-state index in [0.717, 1.165) is 16.5 Å². The van der Waals surface area contributed by atoms with Crippen molar-refractivity contribution in [2.75, 3.05) is 0 Å². The fourth-order valence-electron chi connectivity index (χ4n) is 1.37. The van der Waals surface area contributed by atoms with Crippen molar-refractivity contribution < 1.29 is 4.39 Å². The highest BCUT2D eigenvalue weighted by molar-refractivity contribution is 9.10. The first-order chi connectivity index (χ1) is 5.68. The van der Waals surface area contributed by atoms with Crippen LogP contribution in [-0.4, -0.2) is 6.04 Å². The molecule has 0 bridgehead atoms. The molecule has 64 valence electrons. The van der Waals surface area contributed by atoms with Gasteiger partial charge in [0, 0.05) is 16.4 Å². The van der Waals surface area contributed by atoms with E-state index in [4.69, 9.17) is 5.73 Å². The van der Waals surface area contributed by atoms with Gasteiger partial charge in [0.2, 0.25) is 0 Å². The Morgan fingerprint density at radius 1 is 1.50 bits per heavy atom. The highest BCUT2D eigenvalue weighted by Gasteiger charge is 2.36. The third-order valence-corrected chi connectivity index (χ3v) is 2.70. The van der Waals surface area contributed by atoms with Crippen LogP contribution in [0.25, 0.3) is 0 Å². The van der Waals surface area contributed by atoms with Crippen molar-refractivity contribution in [2.24, 2.45) is 5.73 Å². The third-order valence-electron chi connectivity index (χ3n) is 2.20. The monoisotopic (exact) mass is 229 g/mol. The summed E-state index contributed by atoms with van der Waals surface area (Å²) >= 11 is 3.21. The average molecular weight is 230 g/mol. The molecule has 0 unspecified atom stereocenters. The lowest BCUT2D eigenvalue weighted by Crippen LogP contribution is -2.02. The van der Waals surface area contributed by atoms with Crippen molar-refractivity contribution in [1.29, 1.82) is 0 Å². The summed E-state index contributed by atoms with van der Waals surface area (Å²) in [6, 6.07) is 5.31. The van der Waals surface area contributed by atoms with Gasteiger partial charge in [-0.15, -0.1) is 0 Å². The maximum absolute atomic E-state index is 13.2. The summed E-state index contributed by atoms with van der Waals surface area (Å²) < 4.78 is 14.0. The molecule has 0 saturated heterocycles. The van der Waals surface area contributed by atoms with Crippen molar-refractivity contribution in [3.05, 3.63) is 34.1 Å². The Bertz CT molecular complexity index is 313. The largest absolute Gasteiger partial charge is 0.327 e. The van der Waals surface area contributed by atoms with Crippen molar-refractivity contribution in [3.8, 4) is 0 Å². The fraction of sp³-hybridized carbons (Fsp3) is 0.333. The van der Waals surface area contributed by atoms with Crippen LogP contribution < -0.4 is 5.73 Å². The molecule has 2 atom stereocenters. The van der Waals surface area contributed by atoms with Crippen LogP contribution in [0.2, 0.25) is 0 Å². The Hall–Kier alpha value is -0.410. The Balaban J connectivity index is 2.33. The van der Waals surface area contributed by atoms with Gasteiger partial charge in [0.05, 0.1) is 0 Å². The van der Waals surface area contributed by atoms with Crippen LogP contribution in [0.15, 0.2) is 22.7 Å². The van der Waals surface area contributed by atoms with Crippen LogP contribution in [-0.2, 0) is 0 Å². The Morgan fingerprint density at radius 3 is 2.67 bits per heavy atom. The Kier molecular flexibility index (Phi) is 1.93. The zero-order chi connectivity index (χ0) is 8.72. The summed E-state index contributed by atoms with van der Waals surface area (Å²) in [5, 5.41) is 0. The van der Waals surface area contributed by atoms with Gasteiger partial charge in [-0.1, -0.05) is 22.0 Å². The second-order valence-corrected chi connectivity index (χ2v) is 4.09. The van der Waals surface area contributed by atoms with Gasteiger partial charge in [-0.05, 0) is 24.1 Å².